The van der Waals surface area contributed by atoms with Gasteiger partial charge in [0.15, 0.2) is 0 Å². The number of amides is 2. The highest BCUT2D eigenvalue weighted by atomic mass is 35.5. The Balaban J connectivity index is 2.76. The smallest absolute Gasteiger partial charge is 0.319 e. The number of nitriles is 1. The van der Waals surface area contributed by atoms with Crippen LogP contribution in [0.25, 0.3) is 0 Å². The van der Waals surface area contributed by atoms with E-state index in [9.17, 15) is 4.79 Å². The molecule has 0 aliphatic heterocycles. The third-order valence-electron chi connectivity index (χ3n) is 1.89. The predicted molar refractivity (Wildman–Crippen MR) is 63.5 cm³/mol. The van der Waals surface area contributed by atoms with Gasteiger partial charge in [0.25, 0.3) is 0 Å². The van der Waals surface area contributed by atoms with Crippen LogP contribution >= 0.6 is 11.6 Å². The van der Waals surface area contributed by atoms with Crippen LogP contribution in [0.5, 0.6) is 0 Å². The molecule has 1 aromatic carbocycles. The van der Waals surface area contributed by atoms with Crippen LogP contribution in [-0.2, 0) is 0 Å². The van der Waals surface area contributed by atoms with Gasteiger partial charge in [-0.05, 0) is 24.6 Å². The van der Waals surface area contributed by atoms with Gasteiger partial charge in [-0.2, -0.15) is 5.26 Å². The number of urea groups is 1. The Bertz CT molecular complexity index is 426. The minimum absolute atomic E-state index is 0.333. The summed E-state index contributed by atoms with van der Waals surface area (Å²) in [7, 11) is 0. The average molecular weight is 238 g/mol. The molecule has 0 spiro atoms. The number of nitrogens with zero attached hydrogens (tertiary/aromatic N) is 1. The van der Waals surface area contributed by atoms with E-state index < -0.39 is 0 Å². The second-order valence-corrected chi connectivity index (χ2v) is 3.62. The highest BCUT2D eigenvalue weighted by Crippen LogP contribution is 2.20. The first-order valence-corrected chi connectivity index (χ1v) is 5.29. The number of halogens is 1. The molecule has 5 heteroatoms. The standard InChI is InChI=1S/C11H12ClN3O/c1-2-5-14-11(16)15-10-6-9(12)4-3-8(10)7-13/h3-4,6H,2,5H2,1H3,(H2,14,15,16). The van der Waals surface area contributed by atoms with Crippen LogP contribution in [0.2, 0.25) is 5.02 Å². The lowest BCUT2D eigenvalue weighted by molar-refractivity contribution is 0.252. The first-order chi connectivity index (χ1) is 7.67. The van der Waals surface area contributed by atoms with E-state index in [2.05, 4.69) is 10.6 Å². The lowest BCUT2D eigenvalue weighted by atomic mass is 10.2. The molecule has 0 atom stereocenters. The van der Waals surface area contributed by atoms with Gasteiger partial charge in [-0.1, -0.05) is 18.5 Å². The van der Waals surface area contributed by atoms with E-state index in [4.69, 9.17) is 16.9 Å². The minimum Gasteiger partial charge on any atom is -0.338 e. The molecule has 0 aliphatic rings. The highest BCUT2D eigenvalue weighted by molar-refractivity contribution is 6.31. The van der Waals surface area contributed by atoms with E-state index in [0.717, 1.165) is 6.42 Å². The quantitative estimate of drug-likeness (QED) is 0.849. The van der Waals surface area contributed by atoms with Crippen molar-refractivity contribution in [3.8, 4) is 6.07 Å². The molecule has 0 fully saturated rings. The number of benzene rings is 1. The van der Waals surface area contributed by atoms with E-state index in [1.54, 1.807) is 18.2 Å². The Kier molecular flexibility index (Phi) is 4.62. The van der Waals surface area contributed by atoms with Gasteiger partial charge in [0, 0.05) is 11.6 Å². The van der Waals surface area contributed by atoms with Crippen LogP contribution in [0.15, 0.2) is 18.2 Å². The monoisotopic (exact) mass is 237 g/mol. The Morgan fingerprint density at radius 2 is 2.31 bits per heavy atom. The summed E-state index contributed by atoms with van der Waals surface area (Å²) in [5, 5.41) is 14.5. The Morgan fingerprint density at radius 3 is 2.94 bits per heavy atom. The number of hydrogen-bond donors (Lipinski definition) is 2. The van der Waals surface area contributed by atoms with Crippen LogP contribution in [0.4, 0.5) is 10.5 Å². The first kappa shape index (κ1) is 12.3. The second kappa shape index (κ2) is 5.99. The second-order valence-electron chi connectivity index (χ2n) is 3.18. The normalized spacial score (nSPS) is 9.31. The SMILES string of the molecule is CCCNC(=O)Nc1cc(Cl)ccc1C#N. The predicted octanol–water partition coefficient (Wildman–Crippen LogP) is 2.74. The third-order valence-corrected chi connectivity index (χ3v) is 2.12. The molecule has 0 aliphatic carbocycles. The molecular formula is C11H12ClN3O. The van der Waals surface area contributed by atoms with Crippen molar-refractivity contribution in [1.82, 2.24) is 5.32 Å². The summed E-state index contributed by atoms with van der Waals surface area (Å²) in [6, 6.07) is 6.37. The fourth-order valence-electron chi connectivity index (χ4n) is 1.12. The van der Waals surface area contributed by atoms with Gasteiger partial charge in [0.05, 0.1) is 11.3 Å². The van der Waals surface area contributed by atoms with Crippen molar-refractivity contribution in [3.05, 3.63) is 28.8 Å². The molecule has 0 heterocycles. The van der Waals surface area contributed by atoms with E-state index >= 15 is 0 Å². The molecule has 84 valence electrons. The van der Waals surface area contributed by atoms with Crippen molar-refractivity contribution in [2.75, 3.05) is 11.9 Å². The van der Waals surface area contributed by atoms with Crippen molar-refractivity contribution >= 4 is 23.3 Å². The molecule has 0 saturated carbocycles. The summed E-state index contributed by atoms with van der Waals surface area (Å²) >= 11 is 5.78. The number of rotatable bonds is 3. The van der Waals surface area contributed by atoms with Crippen LogP contribution < -0.4 is 10.6 Å². The topological polar surface area (TPSA) is 64.9 Å². The highest BCUT2D eigenvalue weighted by Gasteiger charge is 2.06. The number of nitrogens with one attached hydrogen (secondary N) is 2. The van der Waals surface area contributed by atoms with E-state index in [-0.39, 0.29) is 6.03 Å². The largest absolute Gasteiger partial charge is 0.338 e. The molecule has 2 amide bonds. The molecule has 0 bridgehead atoms. The maximum atomic E-state index is 11.4. The minimum atomic E-state index is -0.333. The molecule has 1 rings (SSSR count). The first-order valence-electron chi connectivity index (χ1n) is 4.92. The van der Waals surface area contributed by atoms with E-state index in [0.29, 0.717) is 22.8 Å². The van der Waals surface area contributed by atoms with Gasteiger partial charge < -0.3 is 10.6 Å². The van der Waals surface area contributed by atoms with E-state index in [1.807, 2.05) is 13.0 Å². The van der Waals surface area contributed by atoms with Gasteiger partial charge in [0.1, 0.15) is 6.07 Å². The van der Waals surface area contributed by atoms with E-state index in [1.165, 1.54) is 0 Å². The third kappa shape index (κ3) is 3.44. The molecule has 0 aromatic heterocycles. The number of carbonyl (C=O) groups excluding carboxylic acids is 1. The van der Waals surface area contributed by atoms with Crippen molar-refractivity contribution in [2.24, 2.45) is 0 Å². The zero-order valence-electron chi connectivity index (χ0n) is 8.88. The van der Waals surface area contributed by atoms with Crippen LogP contribution in [-0.4, -0.2) is 12.6 Å². The average Bonchev–Trinajstić information content (AvgIpc) is 2.27. The Labute approximate surface area is 99.2 Å². The lowest BCUT2D eigenvalue weighted by Crippen LogP contribution is -2.29. The van der Waals surface area contributed by atoms with Gasteiger partial charge in [-0.25, -0.2) is 4.79 Å². The van der Waals surface area contributed by atoms with Crippen molar-refractivity contribution in [3.63, 3.8) is 0 Å². The summed E-state index contributed by atoms with van der Waals surface area (Å²) in [4.78, 5) is 11.4. The van der Waals surface area contributed by atoms with Crippen LogP contribution in [0, 0.1) is 11.3 Å². The number of hydrogen-bond acceptors (Lipinski definition) is 2. The molecule has 16 heavy (non-hydrogen) atoms. The lowest BCUT2D eigenvalue weighted by Gasteiger charge is -2.08. The molecule has 0 radical (unpaired) electrons. The molecule has 4 nitrogen and oxygen atoms in total. The number of anilines is 1. The summed E-state index contributed by atoms with van der Waals surface area (Å²) in [5.41, 5.74) is 0.805. The van der Waals surface area contributed by atoms with Crippen LogP contribution in [0.3, 0.4) is 0 Å². The molecule has 1 aromatic rings. The number of carbonyl (C=O) groups is 1. The maximum absolute atomic E-state index is 11.4. The Morgan fingerprint density at radius 1 is 1.56 bits per heavy atom. The summed E-state index contributed by atoms with van der Waals surface area (Å²) in [6.07, 6.45) is 0.855. The maximum Gasteiger partial charge on any atom is 0.319 e. The van der Waals surface area contributed by atoms with Crippen molar-refractivity contribution in [2.45, 2.75) is 13.3 Å². The van der Waals surface area contributed by atoms with Crippen LogP contribution in [0.1, 0.15) is 18.9 Å². The molecule has 0 saturated heterocycles. The fraction of sp³-hybridized carbons (Fsp3) is 0.273. The van der Waals surface area contributed by atoms with Gasteiger partial charge in [-0.3, -0.25) is 0 Å². The zero-order valence-corrected chi connectivity index (χ0v) is 9.64. The summed E-state index contributed by atoms with van der Waals surface area (Å²) < 4.78 is 0. The van der Waals surface area contributed by atoms with Crippen molar-refractivity contribution in [1.29, 1.82) is 5.26 Å². The van der Waals surface area contributed by atoms with Gasteiger partial charge in [-0.15, -0.1) is 0 Å². The molecule has 0 unspecified atom stereocenters. The summed E-state index contributed by atoms with van der Waals surface area (Å²) in [5.74, 6) is 0. The zero-order chi connectivity index (χ0) is 12.0. The molecular weight excluding hydrogens is 226 g/mol. The Hall–Kier alpha value is -1.73. The van der Waals surface area contributed by atoms with Crippen molar-refractivity contribution < 1.29 is 4.79 Å². The fourth-order valence-corrected chi connectivity index (χ4v) is 1.29. The van der Waals surface area contributed by atoms with Gasteiger partial charge in [0.2, 0.25) is 0 Å². The van der Waals surface area contributed by atoms with Gasteiger partial charge >= 0.3 is 6.03 Å². The summed E-state index contributed by atoms with van der Waals surface area (Å²) in [6.45, 7) is 2.55. The molecule has 2 N–H and O–H groups in total.